The highest BCUT2D eigenvalue weighted by atomic mass is 16.3. The maximum atomic E-state index is 13.3. The van der Waals surface area contributed by atoms with Gasteiger partial charge in [0.15, 0.2) is 0 Å². The Morgan fingerprint density at radius 1 is 1.13 bits per heavy atom. The summed E-state index contributed by atoms with van der Waals surface area (Å²) in [5, 5.41) is 0.298. The van der Waals surface area contributed by atoms with Crippen molar-refractivity contribution in [3.63, 3.8) is 0 Å². The molecule has 7 heteroatoms. The van der Waals surface area contributed by atoms with Crippen molar-refractivity contribution >= 4 is 17.0 Å². The van der Waals surface area contributed by atoms with Crippen LogP contribution in [0.2, 0.25) is 0 Å². The number of amides is 1. The number of aryl methyl sites for hydroxylation is 1. The lowest BCUT2D eigenvalue weighted by molar-refractivity contribution is 0.0628. The molecular formula is C23H28N4O3. The molecule has 3 aromatic rings. The molecule has 1 saturated heterocycles. The van der Waals surface area contributed by atoms with Gasteiger partial charge in [0.2, 0.25) is 5.71 Å². The number of carbonyl (C=O) groups excluding carboxylic acids is 1. The predicted molar refractivity (Wildman–Crippen MR) is 115 cm³/mol. The average molecular weight is 409 g/mol. The quantitative estimate of drug-likeness (QED) is 0.649. The van der Waals surface area contributed by atoms with Gasteiger partial charge >= 0.3 is 0 Å². The molecule has 4 rings (SSSR count). The van der Waals surface area contributed by atoms with Crippen LogP contribution in [0.25, 0.3) is 11.1 Å². The van der Waals surface area contributed by atoms with E-state index in [0.717, 1.165) is 19.6 Å². The molecule has 0 N–H and O–H groups in total. The molecule has 0 unspecified atom stereocenters. The van der Waals surface area contributed by atoms with Crippen LogP contribution in [0, 0.1) is 12.8 Å². The zero-order valence-corrected chi connectivity index (χ0v) is 17.8. The van der Waals surface area contributed by atoms with Crippen LogP contribution < -0.4 is 5.56 Å². The first-order valence-electron chi connectivity index (χ1n) is 10.5. The van der Waals surface area contributed by atoms with E-state index in [2.05, 4.69) is 22.0 Å². The second kappa shape index (κ2) is 8.44. The first kappa shape index (κ1) is 20.3. The van der Waals surface area contributed by atoms with E-state index in [-0.39, 0.29) is 17.2 Å². The highest BCUT2D eigenvalue weighted by molar-refractivity contribution is 6.06. The van der Waals surface area contributed by atoms with Crippen molar-refractivity contribution in [2.24, 2.45) is 5.92 Å². The van der Waals surface area contributed by atoms with Gasteiger partial charge in [0.1, 0.15) is 17.5 Å². The van der Waals surface area contributed by atoms with Crippen LogP contribution >= 0.6 is 0 Å². The summed E-state index contributed by atoms with van der Waals surface area (Å²) in [5.41, 5.74) is 1.66. The number of aromatic nitrogens is 2. The molecule has 1 amide bonds. The number of fused-ring (bicyclic) bond motifs is 1. The van der Waals surface area contributed by atoms with Gasteiger partial charge in [-0.2, -0.15) is 0 Å². The fourth-order valence-electron chi connectivity index (χ4n) is 4.03. The van der Waals surface area contributed by atoms with Crippen LogP contribution in [-0.2, 0) is 13.1 Å². The summed E-state index contributed by atoms with van der Waals surface area (Å²) >= 11 is 0. The zero-order valence-electron chi connectivity index (χ0n) is 17.8. The Morgan fingerprint density at radius 3 is 2.50 bits per heavy atom. The third-order valence-electron chi connectivity index (χ3n) is 5.54. The van der Waals surface area contributed by atoms with Gasteiger partial charge in [0.25, 0.3) is 11.5 Å². The maximum Gasteiger partial charge on any atom is 0.265 e. The predicted octanol–water partition coefficient (Wildman–Crippen LogP) is 2.91. The summed E-state index contributed by atoms with van der Waals surface area (Å²) in [6.45, 7) is 10.1. The molecular weight excluding hydrogens is 380 g/mol. The van der Waals surface area contributed by atoms with Crippen molar-refractivity contribution in [1.29, 1.82) is 0 Å². The van der Waals surface area contributed by atoms with E-state index in [4.69, 9.17) is 4.42 Å². The number of piperazine rings is 1. The zero-order chi connectivity index (χ0) is 21.3. The molecule has 0 radical (unpaired) electrons. The fraction of sp³-hybridized carbons (Fsp3) is 0.435. The summed E-state index contributed by atoms with van der Waals surface area (Å²) in [4.78, 5) is 34.8. The largest absolute Gasteiger partial charge is 0.442 e. The highest BCUT2D eigenvalue weighted by Gasteiger charge is 2.29. The van der Waals surface area contributed by atoms with Crippen molar-refractivity contribution in [2.75, 3.05) is 26.2 Å². The van der Waals surface area contributed by atoms with Crippen molar-refractivity contribution in [2.45, 2.75) is 33.9 Å². The molecule has 0 bridgehead atoms. The number of carbonyl (C=O) groups is 1. The van der Waals surface area contributed by atoms with Gasteiger partial charge in [-0.1, -0.05) is 44.2 Å². The number of rotatable bonds is 5. The normalized spacial score (nSPS) is 15.3. The third-order valence-corrected chi connectivity index (χ3v) is 5.54. The van der Waals surface area contributed by atoms with Crippen LogP contribution in [0.15, 0.2) is 45.9 Å². The lowest BCUT2D eigenvalue weighted by Crippen LogP contribution is -2.48. The van der Waals surface area contributed by atoms with Crippen LogP contribution in [0.3, 0.4) is 0 Å². The molecule has 3 heterocycles. The first-order valence-corrected chi connectivity index (χ1v) is 10.5. The van der Waals surface area contributed by atoms with Crippen LogP contribution in [0.1, 0.15) is 35.5 Å². The van der Waals surface area contributed by atoms with Crippen molar-refractivity contribution < 1.29 is 9.21 Å². The lowest BCUT2D eigenvalue weighted by Gasteiger charge is -2.34. The van der Waals surface area contributed by atoms with E-state index in [1.54, 1.807) is 11.5 Å². The summed E-state index contributed by atoms with van der Waals surface area (Å²) in [6.07, 6.45) is 1.50. The number of nitrogens with zero attached hydrogens (tertiary/aromatic N) is 4. The van der Waals surface area contributed by atoms with Gasteiger partial charge in [-0.15, -0.1) is 0 Å². The van der Waals surface area contributed by atoms with E-state index in [9.17, 15) is 9.59 Å². The van der Waals surface area contributed by atoms with Crippen LogP contribution in [0.4, 0.5) is 0 Å². The summed E-state index contributed by atoms with van der Waals surface area (Å²) in [5.74, 6) is 0.604. The average Bonchev–Trinajstić information content (AvgIpc) is 3.07. The molecule has 0 saturated carbocycles. The second-order valence-corrected chi connectivity index (χ2v) is 8.36. The lowest BCUT2D eigenvalue weighted by atomic mass is 10.1. The monoisotopic (exact) mass is 408 g/mol. The minimum atomic E-state index is -0.211. The maximum absolute atomic E-state index is 13.3. The van der Waals surface area contributed by atoms with Crippen molar-refractivity contribution in [1.82, 2.24) is 19.4 Å². The van der Waals surface area contributed by atoms with Crippen molar-refractivity contribution in [3.8, 4) is 0 Å². The standard InChI is InChI=1S/C23H28N4O3/c1-16(2)13-27-15-24-21-20(23(27)29)19(17(3)30-21)22(28)26-11-9-25(10-12-26)14-18-7-5-4-6-8-18/h4-8,15-16H,9-14H2,1-3H3. The molecule has 1 aliphatic heterocycles. The van der Waals surface area contributed by atoms with Gasteiger partial charge in [0.05, 0.1) is 5.56 Å². The molecule has 0 spiro atoms. The van der Waals surface area contributed by atoms with E-state index in [1.165, 1.54) is 11.9 Å². The Kier molecular flexibility index (Phi) is 5.72. The highest BCUT2D eigenvalue weighted by Crippen LogP contribution is 2.23. The molecule has 1 aliphatic rings. The Labute approximate surface area is 175 Å². The van der Waals surface area contributed by atoms with Gasteiger partial charge < -0.3 is 9.32 Å². The molecule has 0 aliphatic carbocycles. The van der Waals surface area contributed by atoms with Gasteiger partial charge in [-0.05, 0) is 18.4 Å². The first-order chi connectivity index (χ1) is 14.4. The topological polar surface area (TPSA) is 71.6 Å². The minimum absolute atomic E-state index is 0.146. The van der Waals surface area contributed by atoms with Crippen LogP contribution in [0.5, 0.6) is 0 Å². The molecule has 0 atom stereocenters. The molecule has 1 fully saturated rings. The number of benzene rings is 1. The minimum Gasteiger partial charge on any atom is -0.442 e. The van der Waals surface area contributed by atoms with Gasteiger partial charge in [0, 0.05) is 39.3 Å². The second-order valence-electron chi connectivity index (χ2n) is 8.36. The molecule has 1 aromatic carbocycles. The summed E-state index contributed by atoms with van der Waals surface area (Å²) in [7, 11) is 0. The SMILES string of the molecule is Cc1oc2ncn(CC(C)C)c(=O)c2c1C(=O)N1CCN(Cc2ccccc2)CC1. The van der Waals surface area contributed by atoms with E-state index in [0.29, 0.717) is 42.3 Å². The molecule has 158 valence electrons. The Morgan fingerprint density at radius 2 is 1.83 bits per heavy atom. The number of hydrogen-bond donors (Lipinski definition) is 0. The number of furan rings is 1. The number of hydrogen-bond acceptors (Lipinski definition) is 5. The van der Waals surface area contributed by atoms with Gasteiger partial charge in [-0.25, -0.2) is 4.98 Å². The van der Waals surface area contributed by atoms with Crippen molar-refractivity contribution in [3.05, 3.63) is 63.9 Å². The summed E-state index contributed by atoms with van der Waals surface area (Å²) < 4.78 is 7.24. The van der Waals surface area contributed by atoms with E-state index < -0.39 is 0 Å². The third kappa shape index (κ3) is 4.03. The van der Waals surface area contributed by atoms with Gasteiger partial charge in [-0.3, -0.25) is 19.1 Å². The summed E-state index contributed by atoms with van der Waals surface area (Å²) in [6, 6.07) is 10.3. The smallest absolute Gasteiger partial charge is 0.265 e. The van der Waals surface area contributed by atoms with Crippen LogP contribution in [-0.4, -0.2) is 51.4 Å². The Hall–Kier alpha value is -2.93. The molecule has 2 aromatic heterocycles. The molecule has 7 nitrogen and oxygen atoms in total. The fourth-order valence-corrected chi connectivity index (χ4v) is 4.03. The Balaban J connectivity index is 1.54. The molecule has 30 heavy (non-hydrogen) atoms. The van der Waals surface area contributed by atoms with E-state index in [1.807, 2.05) is 36.9 Å². The Bertz CT molecular complexity index is 1090. The van der Waals surface area contributed by atoms with E-state index >= 15 is 0 Å².